The van der Waals surface area contributed by atoms with Crippen molar-refractivity contribution in [1.29, 1.82) is 0 Å². The summed E-state index contributed by atoms with van der Waals surface area (Å²) in [4.78, 5) is 0. The Bertz CT molecular complexity index is 772. The highest BCUT2D eigenvalue weighted by molar-refractivity contribution is 5.56. The van der Waals surface area contributed by atoms with Crippen LogP contribution in [0, 0.1) is 0 Å². The molecular weight excluding hydrogens is 295 g/mol. The van der Waals surface area contributed by atoms with Crippen LogP contribution in [0.2, 0.25) is 0 Å². The number of hydrogen-bond donors (Lipinski definition) is 2. The van der Waals surface area contributed by atoms with Gasteiger partial charge in [-0.15, -0.1) is 0 Å². The molecule has 0 amide bonds. The van der Waals surface area contributed by atoms with E-state index in [0.717, 1.165) is 22.3 Å². The van der Waals surface area contributed by atoms with Crippen LogP contribution in [0.1, 0.15) is 23.6 Å². The fraction of sp³-hybridized carbons (Fsp3) is 0.250. The Labute approximate surface area is 124 Å². The number of aromatic hydroxyl groups is 2. The first-order chi connectivity index (χ1) is 10.3. The van der Waals surface area contributed by atoms with Gasteiger partial charge in [-0.05, 0) is 38.0 Å². The van der Waals surface area contributed by atoms with Gasteiger partial charge in [-0.3, -0.25) is 4.57 Å². The van der Waals surface area contributed by atoms with Crippen LogP contribution in [-0.4, -0.2) is 14.8 Å². The van der Waals surface area contributed by atoms with Gasteiger partial charge in [0.1, 0.15) is 0 Å². The number of aromatic nitrogens is 1. The molecule has 1 aromatic carbocycles. The molecule has 0 fully saturated rings. The highest BCUT2D eigenvalue weighted by Gasteiger charge is 2.31. The molecular formula is C16H14F3NO2. The molecule has 0 unspecified atom stereocenters. The molecule has 0 bridgehead atoms. The lowest BCUT2D eigenvalue weighted by Crippen LogP contribution is -2.06. The lowest BCUT2D eigenvalue weighted by atomic mass is 9.96. The smallest absolute Gasteiger partial charge is 0.416 e. The molecule has 2 aromatic rings. The second-order valence-electron chi connectivity index (χ2n) is 5.42. The maximum Gasteiger partial charge on any atom is 0.416 e. The molecule has 0 saturated carbocycles. The third-order valence-corrected chi connectivity index (χ3v) is 3.87. The molecule has 3 nitrogen and oxygen atoms in total. The summed E-state index contributed by atoms with van der Waals surface area (Å²) in [5.74, 6) is -0.421. The Morgan fingerprint density at radius 2 is 1.77 bits per heavy atom. The summed E-state index contributed by atoms with van der Waals surface area (Å²) in [6, 6.07) is 4.53. The fourth-order valence-corrected chi connectivity index (χ4v) is 2.73. The average molecular weight is 309 g/mol. The van der Waals surface area contributed by atoms with Crippen LogP contribution in [0.15, 0.2) is 35.9 Å². The van der Waals surface area contributed by atoms with E-state index in [1.807, 2.05) is 13.0 Å². The van der Waals surface area contributed by atoms with Gasteiger partial charge in [0.15, 0.2) is 0 Å². The third kappa shape index (κ3) is 2.24. The van der Waals surface area contributed by atoms with Crippen molar-refractivity contribution in [3.05, 3.63) is 52.6 Å². The van der Waals surface area contributed by atoms with Crippen LogP contribution in [0.25, 0.3) is 5.69 Å². The summed E-state index contributed by atoms with van der Waals surface area (Å²) in [5, 5.41) is 20.6. The van der Waals surface area contributed by atoms with Crippen molar-refractivity contribution in [2.75, 3.05) is 0 Å². The van der Waals surface area contributed by atoms with Gasteiger partial charge in [0.2, 0.25) is 11.8 Å². The summed E-state index contributed by atoms with van der Waals surface area (Å²) < 4.78 is 39.5. The van der Waals surface area contributed by atoms with E-state index in [1.165, 1.54) is 12.1 Å². The van der Waals surface area contributed by atoms with Crippen molar-refractivity contribution in [3.63, 3.8) is 0 Å². The Morgan fingerprint density at radius 3 is 2.45 bits per heavy atom. The van der Waals surface area contributed by atoms with Crippen molar-refractivity contribution in [3.8, 4) is 17.4 Å². The lowest BCUT2D eigenvalue weighted by molar-refractivity contribution is -0.137. The van der Waals surface area contributed by atoms with Gasteiger partial charge in [-0.25, -0.2) is 0 Å². The number of hydrogen-bond acceptors (Lipinski definition) is 2. The Balaban J connectivity index is 2.15. The monoisotopic (exact) mass is 309 g/mol. The quantitative estimate of drug-likeness (QED) is 0.783. The van der Waals surface area contributed by atoms with Gasteiger partial charge in [0.05, 0.1) is 11.3 Å². The maximum atomic E-state index is 12.8. The van der Waals surface area contributed by atoms with Crippen LogP contribution in [0.3, 0.4) is 0 Å². The van der Waals surface area contributed by atoms with E-state index >= 15 is 0 Å². The number of fused-ring (bicyclic) bond motifs is 1. The summed E-state index contributed by atoms with van der Waals surface area (Å²) >= 11 is 0. The zero-order chi connectivity index (χ0) is 16.1. The summed E-state index contributed by atoms with van der Waals surface area (Å²) in [5.41, 5.74) is 1.42. The zero-order valence-corrected chi connectivity index (χ0v) is 11.8. The maximum absolute atomic E-state index is 12.8. The SMILES string of the molecule is CC1=CCc2c(c(O)n(-c3cccc(C(F)(F)F)c3)c2O)C1. The molecule has 1 aromatic heterocycles. The first-order valence-electron chi connectivity index (χ1n) is 6.76. The normalized spacial score (nSPS) is 14.6. The van der Waals surface area contributed by atoms with Crippen molar-refractivity contribution in [2.45, 2.75) is 25.9 Å². The Hall–Kier alpha value is -2.37. The van der Waals surface area contributed by atoms with E-state index in [1.54, 1.807) is 0 Å². The number of allylic oxidation sites excluding steroid dienone is 2. The molecule has 0 spiro atoms. The molecule has 2 N–H and O–H groups in total. The number of benzene rings is 1. The summed E-state index contributed by atoms with van der Waals surface area (Å²) in [7, 11) is 0. The highest BCUT2D eigenvalue weighted by Crippen LogP contribution is 2.41. The molecule has 0 radical (unpaired) electrons. The van der Waals surface area contributed by atoms with Crippen LogP contribution < -0.4 is 0 Å². The predicted molar refractivity (Wildman–Crippen MR) is 75.3 cm³/mol. The van der Waals surface area contributed by atoms with Crippen molar-refractivity contribution >= 4 is 0 Å². The van der Waals surface area contributed by atoms with Crippen LogP contribution in [0.5, 0.6) is 11.8 Å². The number of alkyl halides is 3. The molecule has 1 aliphatic rings. The largest absolute Gasteiger partial charge is 0.494 e. The molecule has 116 valence electrons. The fourth-order valence-electron chi connectivity index (χ4n) is 2.73. The minimum Gasteiger partial charge on any atom is -0.494 e. The summed E-state index contributed by atoms with van der Waals surface area (Å²) in [6.07, 6.45) is -1.63. The van der Waals surface area contributed by atoms with Gasteiger partial charge >= 0.3 is 6.18 Å². The van der Waals surface area contributed by atoms with E-state index in [-0.39, 0.29) is 17.4 Å². The standard InChI is InChI=1S/C16H14F3NO2/c1-9-5-6-12-13(7-9)15(22)20(14(12)21)11-4-2-3-10(8-11)16(17,18)19/h2-5,8,21-22H,6-7H2,1H3. The zero-order valence-electron chi connectivity index (χ0n) is 11.8. The molecule has 1 heterocycles. The highest BCUT2D eigenvalue weighted by atomic mass is 19.4. The number of nitrogens with zero attached hydrogens (tertiary/aromatic N) is 1. The summed E-state index contributed by atoms with van der Waals surface area (Å²) in [6.45, 7) is 1.90. The molecule has 6 heteroatoms. The van der Waals surface area contributed by atoms with Crippen LogP contribution in [0.4, 0.5) is 13.2 Å². The molecule has 0 aliphatic heterocycles. The minimum atomic E-state index is -4.48. The van der Waals surface area contributed by atoms with Gasteiger partial charge < -0.3 is 10.2 Å². The minimum absolute atomic E-state index is 0.0804. The van der Waals surface area contributed by atoms with E-state index in [4.69, 9.17) is 0 Å². The molecule has 1 aliphatic carbocycles. The van der Waals surface area contributed by atoms with Gasteiger partial charge in [-0.1, -0.05) is 17.7 Å². The van der Waals surface area contributed by atoms with Crippen LogP contribution in [-0.2, 0) is 19.0 Å². The van der Waals surface area contributed by atoms with Gasteiger partial charge in [0.25, 0.3) is 0 Å². The Kier molecular flexibility index (Phi) is 3.20. The number of halogens is 3. The predicted octanol–water partition coefficient (Wildman–Crippen LogP) is 3.95. The first-order valence-corrected chi connectivity index (χ1v) is 6.76. The molecule has 3 rings (SSSR count). The van der Waals surface area contributed by atoms with E-state index in [0.29, 0.717) is 24.0 Å². The van der Waals surface area contributed by atoms with Crippen LogP contribution >= 0.6 is 0 Å². The topological polar surface area (TPSA) is 45.4 Å². The van der Waals surface area contributed by atoms with Gasteiger partial charge in [0, 0.05) is 11.1 Å². The second kappa shape index (κ2) is 4.83. The van der Waals surface area contributed by atoms with Crippen molar-refractivity contribution in [2.24, 2.45) is 0 Å². The van der Waals surface area contributed by atoms with Gasteiger partial charge in [-0.2, -0.15) is 13.2 Å². The Morgan fingerprint density at radius 1 is 1.09 bits per heavy atom. The van der Waals surface area contributed by atoms with E-state index in [2.05, 4.69) is 0 Å². The lowest BCUT2D eigenvalue weighted by Gasteiger charge is -2.11. The average Bonchev–Trinajstić information content (AvgIpc) is 2.69. The number of rotatable bonds is 1. The van der Waals surface area contributed by atoms with E-state index in [9.17, 15) is 23.4 Å². The van der Waals surface area contributed by atoms with E-state index < -0.39 is 11.7 Å². The molecule has 0 atom stereocenters. The molecule has 0 saturated heterocycles. The van der Waals surface area contributed by atoms with Crippen molar-refractivity contribution in [1.82, 2.24) is 4.57 Å². The molecule has 22 heavy (non-hydrogen) atoms. The second-order valence-corrected chi connectivity index (χ2v) is 5.42. The third-order valence-electron chi connectivity index (χ3n) is 3.87. The first kappa shape index (κ1) is 14.6. The van der Waals surface area contributed by atoms with Crippen molar-refractivity contribution < 1.29 is 23.4 Å².